The fraction of sp³-hybridized carbons (Fsp3) is 0.412. The molecular weight excluding hydrogens is 296 g/mol. The lowest BCUT2D eigenvalue weighted by Crippen LogP contribution is -2.34. The van der Waals surface area contributed by atoms with E-state index in [4.69, 9.17) is 0 Å². The molecule has 1 amide bonds. The Hall–Kier alpha value is -1.72. The first-order valence-corrected chi connectivity index (χ1v) is 8.44. The first-order chi connectivity index (χ1) is 10.6. The summed E-state index contributed by atoms with van der Waals surface area (Å²) < 4.78 is 0. The first-order valence-electron chi connectivity index (χ1n) is 7.62. The number of carbonyl (C=O) groups is 1. The lowest BCUT2D eigenvalue weighted by Gasteiger charge is -2.13. The molecule has 22 heavy (non-hydrogen) atoms. The van der Waals surface area contributed by atoms with E-state index < -0.39 is 6.10 Å². The summed E-state index contributed by atoms with van der Waals surface area (Å²) in [6, 6.07) is 10.0. The number of carbonyl (C=O) groups excluding carboxylic acids is 1. The minimum atomic E-state index is -0.484. The fourth-order valence-corrected chi connectivity index (χ4v) is 3.85. The van der Waals surface area contributed by atoms with Crippen LogP contribution in [-0.2, 0) is 11.3 Å². The highest BCUT2D eigenvalue weighted by Gasteiger charge is 2.31. The average molecular weight is 316 g/mol. The number of aryl methyl sites for hydroxylation is 1. The summed E-state index contributed by atoms with van der Waals surface area (Å²) in [7, 11) is 0. The molecule has 1 saturated carbocycles. The van der Waals surface area contributed by atoms with Gasteiger partial charge in [0.05, 0.1) is 24.3 Å². The van der Waals surface area contributed by atoms with Crippen molar-refractivity contribution in [2.75, 3.05) is 0 Å². The largest absolute Gasteiger partial charge is 0.392 e. The third kappa shape index (κ3) is 3.20. The number of nitrogens with zero attached hydrogens (tertiary/aromatic N) is 1. The maximum atomic E-state index is 12.1. The zero-order valence-electron chi connectivity index (χ0n) is 12.6. The molecule has 0 bridgehead atoms. The van der Waals surface area contributed by atoms with Gasteiger partial charge in [0.1, 0.15) is 5.01 Å². The van der Waals surface area contributed by atoms with Crippen molar-refractivity contribution in [3.05, 3.63) is 40.9 Å². The van der Waals surface area contributed by atoms with Gasteiger partial charge in [0.25, 0.3) is 0 Å². The zero-order chi connectivity index (χ0) is 15.5. The molecular formula is C17H20N2O2S. The van der Waals surface area contributed by atoms with Crippen molar-refractivity contribution in [3.63, 3.8) is 0 Å². The summed E-state index contributed by atoms with van der Waals surface area (Å²) >= 11 is 1.61. The lowest BCUT2D eigenvalue weighted by molar-refractivity contribution is -0.127. The molecule has 1 aromatic carbocycles. The second-order valence-corrected chi connectivity index (χ2v) is 6.80. The normalized spacial score (nSPS) is 21.0. The Kier molecular flexibility index (Phi) is 4.55. The predicted octanol–water partition coefficient (Wildman–Crippen LogP) is 2.90. The van der Waals surface area contributed by atoms with Gasteiger partial charge >= 0.3 is 0 Å². The van der Waals surface area contributed by atoms with Gasteiger partial charge in [0.15, 0.2) is 0 Å². The molecule has 1 fully saturated rings. The van der Waals surface area contributed by atoms with Gasteiger partial charge in [-0.05, 0) is 26.2 Å². The third-order valence-corrected chi connectivity index (χ3v) is 5.36. The molecule has 0 aliphatic heterocycles. The van der Waals surface area contributed by atoms with Crippen LogP contribution in [0.5, 0.6) is 0 Å². The molecule has 5 heteroatoms. The highest BCUT2D eigenvalue weighted by molar-refractivity contribution is 7.15. The number of amides is 1. The fourth-order valence-electron chi connectivity index (χ4n) is 2.84. The van der Waals surface area contributed by atoms with E-state index in [9.17, 15) is 9.90 Å². The van der Waals surface area contributed by atoms with Gasteiger partial charge in [-0.15, -0.1) is 11.3 Å². The van der Waals surface area contributed by atoms with E-state index in [0.717, 1.165) is 40.4 Å². The van der Waals surface area contributed by atoms with Crippen LogP contribution in [0.15, 0.2) is 30.3 Å². The molecule has 1 aromatic heterocycles. The van der Waals surface area contributed by atoms with Gasteiger partial charge in [-0.3, -0.25) is 4.79 Å². The second kappa shape index (κ2) is 6.58. The van der Waals surface area contributed by atoms with Crippen LogP contribution in [0.3, 0.4) is 0 Å². The maximum absolute atomic E-state index is 12.1. The summed E-state index contributed by atoms with van der Waals surface area (Å²) in [4.78, 5) is 17.8. The van der Waals surface area contributed by atoms with Crippen molar-refractivity contribution < 1.29 is 9.90 Å². The van der Waals surface area contributed by atoms with Crippen molar-refractivity contribution >= 4 is 17.2 Å². The van der Waals surface area contributed by atoms with Gasteiger partial charge in [-0.2, -0.15) is 0 Å². The Morgan fingerprint density at radius 2 is 2.14 bits per heavy atom. The number of aliphatic hydroxyl groups is 1. The predicted molar refractivity (Wildman–Crippen MR) is 87.5 cm³/mol. The Labute approximate surface area is 134 Å². The number of hydrogen-bond acceptors (Lipinski definition) is 4. The molecule has 2 aromatic rings. The van der Waals surface area contributed by atoms with Crippen LogP contribution in [0.1, 0.15) is 29.8 Å². The van der Waals surface area contributed by atoms with Crippen molar-refractivity contribution in [2.45, 2.75) is 38.8 Å². The van der Waals surface area contributed by atoms with Crippen LogP contribution in [-0.4, -0.2) is 22.1 Å². The van der Waals surface area contributed by atoms with Crippen LogP contribution >= 0.6 is 11.3 Å². The zero-order valence-corrected chi connectivity index (χ0v) is 13.4. The van der Waals surface area contributed by atoms with E-state index >= 15 is 0 Å². The van der Waals surface area contributed by atoms with Gasteiger partial charge in [-0.1, -0.05) is 30.3 Å². The van der Waals surface area contributed by atoms with Gasteiger partial charge < -0.3 is 10.4 Å². The summed E-state index contributed by atoms with van der Waals surface area (Å²) in [6.45, 7) is 2.45. The number of aromatic nitrogens is 1. The molecule has 116 valence electrons. The average Bonchev–Trinajstić information content (AvgIpc) is 3.12. The Morgan fingerprint density at radius 1 is 1.36 bits per heavy atom. The van der Waals surface area contributed by atoms with E-state index in [0.29, 0.717) is 6.54 Å². The molecule has 1 aliphatic rings. The highest BCUT2D eigenvalue weighted by atomic mass is 32.1. The minimum Gasteiger partial charge on any atom is -0.392 e. The highest BCUT2D eigenvalue weighted by Crippen LogP contribution is 2.28. The van der Waals surface area contributed by atoms with Crippen LogP contribution < -0.4 is 5.32 Å². The van der Waals surface area contributed by atoms with Crippen LogP contribution in [0.2, 0.25) is 0 Å². The Balaban J connectivity index is 1.66. The summed E-state index contributed by atoms with van der Waals surface area (Å²) in [6.07, 6.45) is 1.96. The monoisotopic (exact) mass is 316 g/mol. The van der Waals surface area contributed by atoms with E-state index in [1.165, 1.54) is 0 Å². The maximum Gasteiger partial charge on any atom is 0.226 e. The van der Waals surface area contributed by atoms with Crippen molar-refractivity contribution in [1.82, 2.24) is 10.3 Å². The van der Waals surface area contributed by atoms with E-state index in [1.807, 2.05) is 37.3 Å². The quantitative estimate of drug-likeness (QED) is 0.911. The number of thiazole rings is 1. The molecule has 3 rings (SSSR count). The summed E-state index contributed by atoms with van der Waals surface area (Å²) in [5.74, 6) is -0.291. The minimum absolute atomic E-state index is 0.0425. The molecule has 4 nitrogen and oxygen atoms in total. The number of hydrogen-bond donors (Lipinski definition) is 2. The number of benzene rings is 1. The molecule has 2 N–H and O–H groups in total. The molecule has 2 unspecified atom stereocenters. The molecule has 0 spiro atoms. The summed E-state index contributed by atoms with van der Waals surface area (Å²) in [5.41, 5.74) is 2.05. The van der Waals surface area contributed by atoms with Gasteiger partial charge in [-0.25, -0.2) is 4.98 Å². The molecule has 0 saturated heterocycles. The first kappa shape index (κ1) is 15.2. The topological polar surface area (TPSA) is 62.2 Å². The summed E-state index contributed by atoms with van der Waals surface area (Å²) in [5, 5.41) is 13.7. The lowest BCUT2D eigenvalue weighted by atomic mass is 10.1. The molecule has 2 atom stereocenters. The Bertz CT molecular complexity index is 654. The standard InChI is InChI=1S/C17H20N2O2S/c1-11-15(10-18-16(21)13-8-5-9-14(13)20)22-17(19-11)12-6-3-2-4-7-12/h2-4,6-7,13-14,20H,5,8-10H2,1H3,(H,18,21). The van der Waals surface area contributed by atoms with E-state index in [1.54, 1.807) is 11.3 Å². The second-order valence-electron chi connectivity index (χ2n) is 5.72. The van der Waals surface area contributed by atoms with Gasteiger partial charge in [0, 0.05) is 10.4 Å². The Morgan fingerprint density at radius 3 is 2.82 bits per heavy atom. The SMILES string of the molecule is Cc1nc(-c2ccccc2)sc1CNC(=O)C1CCCC1O. The van der Waals surface area contributed by atoms with E-state index in [2.05, 4.69) is 10.3 Å². The van der Waals surface area contributed by atoms with Crippen LogP contribution in [0.25, 0.3) is 10.6 Å². The van der Waals surface area contributed by atoms with Gasteiger partial charge in [0.2, 0.25) is 5.91 Å². The molecule has 1 aliphatic carbocycles. The number of aliphatic hydroxyl groups excluding tert-OH is 1. The third-order valence-electron chi connectivity index (χ3n) is 4.15. The molecule has 0 radical (unpaired) electrons. The van der Waals surface area contributed by atoms with Crippen molar-refractivity contribution in [3.8, 4) is 10.6 Å². The van der Waals surface area contributed by atoms with Crippen molar-refractivity contribution in [2.24, 2.45) is 5.92 Å². The van der Waals surface area contributed by atoms with Crippen LogP contribution in [0, 0.1) is 12.8 Å². The van der Waals surface area contributed by atoms with E-state index in [-0.39, 0.29) is 11.8 Å². The van der Waals surface area contributed by atoms with Crippen LogP contribution in [0.4, 0.5) is 0 Å². The molecule has 1 heterocycles. The number of nitrogens with one attached hydrogen (secondary N) is 1. The number of rotatable bonds is 4. The van der Waals surface area contributed by atoms with Crippen molar-refractivity contribution in [1.29, 1.82) is 0 Å². The smallest absolute Gasteiger partial charge is 0.226 e.